The van der Waals surface area contributed by atoms with Gasteiger partial charge in [0.15, 0.2) is 17.3 Å². The third-order valence-corrected chi connectivity index (χ3v) is 3.46. The van der Waals surface area contributed by atoms with E-state index in [2.05, 4.69) is 5.32 Å². The van der Waals surface area contributed by atoms with Gasteiger partial charge in [0.1, 0.15) is 0 Å². The number of nitrogens with one attached hydrogen (secondary N) is 1. The standard InChI is InChI=1S/C17H20N2O5/c1-19(11-12-6-4-7-13(22-2)16(12)23-3)15(20)10-18-17(21)14-8-5-9-24-14/h4-9H,10-11H2,1-3H3,(H,18,21). The Bertz CT molecular complexity index is 697. The van der Waals surface area contributed by atoms with Crippen LogP contribution in [-0.4, -0.2) is 44.5 Å². The molecule has 0 saturated carbocycles. The van der Waals surface area contributed by atoms with E-state index in [1.807, 2.05) is 12.1 Å². The summed E-state index contributed by atoms with van der Waals surface area (Å²) in [6.45, 7) is 0.206. The van der Waals surface area contributed by atoms with E-state index in [9.17, 15) is 9.59 Å². The molecule has 0 atom stereocenters. The summed E-state index contributed by atoms with van der Waals surface area (Å²) in [4.78, 5) is 25.4. The maximum Gasteiger partial charge on any atom is 0.287 e. The molecule has 2 amide bonds. The SMILES string of the molecule is COc1cccc(CN(C)C(=O)CNC(=O)c2ccco2)c1OC. The first-order chi connectivity index (χ1) is 11.6. The van der Waals surface area contributed by atoms with Crippen LogP contribution in [0.15, 0.2) is 41.0 Å². The summed E-state index contributed by atoms with van der Waals surface area (Å²) >= 11 is 0. The van der Waals surface area contributed by atoms with E-state index in [-0.39, 0.29) is 18.2 Å². The molecule has 0 unspecified atom stereocenters. The highest BCUT2D eigenvalue weighted by Gasteiger charge is 2.16. The summed E-state index contributed by atoms with van der Waals surface area (Å²) in [7, 11) is 4.76. The van der Waals surface area contributed by atoms with Crippen molar-refractivity contribution in [1.29, 1.82) is 0 Å². The normalized spacial score (nSPS) is 10.1. The van der Waals surface area contributed by atoms with Crippen LogP contribution in [-0.2, 0) is 11.3 Å². The summed E-state index contributed by atoms with van der Waals surface area (Å²) in [5.74, 6) is 0.682. The number of para-hydroxylation sites is 1. The molecule has 7 heteroatoms. The number of benzene rings is 1. The molecule has 2 aromatic rings. The Morgan fingerprint density at radius 2 is 1.96 bits per heavy atom. The van der Waals surface area contributed by atoms with Gasteiger partial charge in [-0.2, -0.15) is 0 Å². The fourth-order valence-corrected chi connectivity index (χ4v) is 2.21. The van der Waals surface area contributed by atoms with Gasteiger partial charge in [-0.15, -0.1) is 0 Å². The van der Waals surface area contributed by atoms with Crippen molar-refractivity contribution in [3.63, 3.8) is 0 Å². The van der Waals surface area contributed by atoms with Crippen molar-refractivity contribution in [1.82, 2.24) is 10.2 Å². The third-order valence-electron chi connectivity index (χ3n) is 3.46. The lowest BCUT2D eigenvalue weighted by Crippen LogP contribution is -2.37. The van der Waals surface area contributed by atoms with Crippen LogP contribution in [0.5, 0.6) is 11.5 Å². The molecule has 0 aliphatic carbocycles. The Morgan fingerprint density at radius 3 is 2.58 bits per heavy atom. The van der Waals surface area contributed by atoms with Gasteiger partial charge in [0.25, 0.3) is 5.91 Å². The van der Waals surface area contributed by atoms with E-state index in [0.717, 1.165) is 5.56 Å². The molecule has 0 fully saturated rings. The number of hydrogen-bond donors (Lipinski definition) is 1. The monoisotopic (exact) mass is 332 g/mol. The second-order valence-corrected chi connectivity index (χ2v) is 5.06. The van der Waals surface area contributed by atoms with Crippen molar-refractivity contribution in [2.45, 2.75) is 6.54 Å². The Kier molecular flexibility index (Phi) is 5.83. The number of nitrogens with zero attached hydrogens (tertiary/aromatic N) is 1. The van der Waals surface area contributed by atoms with Crippen LogP contribution >= 0.6 is 0 Å². The average molecular weight is 332 g/mol. The maximum absolute atomic E-state index is 12.2. The highest BCUT2D eigenvalue weighted by Crippen LogP contribution is 2.31. The molecule has 2 rings (SSSR count). The Hall–Kier alpha value is -2.96. The first kappa shape index (κ1) is 17.4. The predicted molar refractivity (Wildman–Crippen MR) is 87.1 cm³/mol. The van der Waals surface area contributed by atoms with Gasteiger partial charge < -0.3 is 24.1 Å². The summed E-state index contributed by atoms with van der Waals surface area (Å²) in [6.07, 6.45) is 1.40. The fraction of sp³-hybridized carbons (Fsp3) is 0.294. The second kappa shape index (κ2) is 8.05. The van der Waals surface area contributed by atoms with Gasteiger partial charge in [0.2, 0.25) is 5.91 Å². The van der Waals surface area contributed by atoms with Crippen molar-refractivity contribution in [3.05, 3.63) is 47.9 Å². The van der Waals surface area contributed by atoms with Crippen LogP contribution in [0.3, 0.4) is 0 Å². The van der Waals surface area contributed by atoms with Crippen LogP contribution in [0.4, 0.5) is 0 Å². The molecule has 24 heavy (non-hydrogen) atoms. The minimum Gasteiger partial charge on any atom is -0.493 e. The van der Waals surface area contributed by atoms with E-state index in [1.54, 1.807) is 33.4 Å². The molecular weight excluding hydrogens is 312 g/mol. The van der Waals surface area contributed by atoms with Crippen LogP contribution in [0.2, 0.25) is 0 Å². The first-order valence-corrected chi connectivity index (χ1v) is 7.32. The number of ether oxygens (including phenoxy) is 2. The van der Waals surface area contributed by atoms with Crippen LogP contribution in [0.1, 0.15) is 16.1 Å². The molecule has 0 radical (unpaired) electrons. The van der Waals surface area contributed by atoms with Gasteiger partial charge in [-0.1, -0.05) is 12.1 Å². The van der Waals surface area contributed by atoms with Crippen molar-refractivity contribution < 1.29 is 23.5 Å². The number of methoxy groups -OCH3 is 2. The lowest BCUT2D eigenvalue weighted by molar-refractivity contribution is -0.129. The van der Waals surface area contributed by atoms with Gasteiger partial charge in [-0.3, -0.25) is 9.59 Å². The molecule has 1 aromatic heterocycles. The van der Waals surface area contributed by atoms with Crippen LogP contribution < -0.4 is 14.8 Å². The quantitative estimate of drug-likeness (QED) is 0.834. The first-order valence-electron chi connectivity index (χ1n) is 7.32. The molecular formula is C17H20N2O5. The molecule has 0 bridgehead atoms. The van der Waals surface area contributed by atoms with E-state index >= 15 is 0 Å². The number of amides is 2. The smallest absolute Gasteiger partial charge is 0.287 e. The summed E-state index contributed by atoms with van der Waals surface area (Å²) in [6, 6.07) is 8.61. The summed E-state index contributed by atoms with van der Waals surface area (Å²) in [5.41, 5.74) is 0.810. The van der Waals surface area contributed by atoms with Gasteiger partial charge in [0, 0.05) is 19.2 Å². The van der Waals surface area contributed by atoms with E-state index < -0.39 is 5.91 Å². The van der Waals surface area contributed by atoms with Gasteiger partial charge >= 0.3 is 0 Å². The number of hydrogen-bond acceptors (Lipinski definition) is 5. The summed E-state index contributed by atoms with van der Waals surface area (Å²) < 4.78 is 15.6. The highest BCUT2D eigenvalue weighted by atomic mass is 16.5. The van der Waals surface area contributed by atoms with Gasteiger partial charge in [0.05, 0.1) is 27.0 Å². The zero-order valence-corrected chi connectivity index (χ0v) is 13.9. The minimum absolute atomic E-state index is 0.123. The molecule has 0 saturated heterocycles. The number of carbonyl (C=O) groups is 2. The molecule has 1 aromatic carbocycles. The molecule has 1 heterocycles. The van der Waals surface area contributed by atoms with Gasteiger partial charge in [-0.25, -0.2) is 0 Å². The second-order valence-electron chi connectivity index (χ2n) is 5.06. The lowest BCUT2D eigenvalue weighted by Gasteiger charge is -2.20. The molecule has 0 aliphatic rings. The molecule has 0 aliphatic heterocycles. The predicted octanol–water partition coefficient (Wildman–Crippen LogP) is 1.69. The number of carbonyl (C=O) groups excluding carboxylic acids is 2. The molecule has 7 nitrogen and oxygen atoms in total. The Morgan fingerprint density at radius 1 is 1.17 bits per heavy atom. The van der Waals surface area contributed by atoms with Crippen molar-refractivity contribution in [3.8, 4) is 11.5 Å². The topological polar surface area (TPSA) is 81.0 Å². The van der Waals surface area contributed by atoms with E-state index in [0.29, 0.717) is 18.0 Å². The number of furan rings is 1. The molecule has 0 spiro atoms. The minimum atomic E-state index is -0.430. The fourth-order valence-electron chi connectivity index (χ4n) is 2.21. The average Bonchev–Trinajstić information content (AvgIpc) is 3.13. The third kappa shape index (κ3) is 4.07. The largest absolute Gasteiger partial charge is 0.493 e. The van der Waals surface area contributed by atoms with Gasteiger partial charge in [-0.05, 0) is 18.2 Å². The Labute approximate surface area is 140 Å². The number of rotatable bonds is 7. The van der Waals surface area contributed by atoms with Crippen LogP contribution in [0.25, 0.3) is 0 Å². The van der Waals surface area contributed by atoms with Crippen molar-refractivity contribution >= 4 is 11.8 Å². The maximum atomic E-state index is 12.2. The highest BCUT2D eigenvalue weighted by molar-refractivity contribution is 5.94. The van der Waals surface area contributed by atoms with E-state index in [4.69, 9.17) is 13.9 Å². The molecule has 128 valence electrons. The molecule has 1 N–H and O–H groups in total. The van der Waals surface area contributed by atoms with Crippen molar-refractivity contribution in [2.75, 3.05) is 27.8 Å². The van der Waals surface area contributed by atoms with Crippen molar-refractivity contribution in [2.24, 2.45) is 0 Å². The Balaban J connectivity index is 1.95. The van der Waals surface area contributed by atoms with Crippen LogP contribution in [0, 0.1) is 0 Å². The summed E-state index contributed by atoms with van der Waals surface area (Å²) in [5, 5.41) is 2.52. The zero-order valence-electron chi connectivity index (χ0n) is 13.9. The number of likely N-dealkylation sites (N-methyl/N-ethyl adjacent to an activating group) is 1. The van der Waals surface area contributed by atoms with E-state index in [1.165, 1.54) is 17.2 Å². The zero-order chi connectivity index (χ0) is 17.5. The lowest BCUT2D eigenvalue weighted by atomic mass is 10.1.